The lowest BCUT2D eigenvalue weighted by Gasteiger charge is -2.23. The molecule has 1 aromatic heterocycles. The van der Waals surface area contributed by atoms with Crippen LogP contribution in [-0.2, 0) is 6.54 Å². The van der Waals surface area contributed by atoms with Crippen molar-refractivity contribution in [2.75, 3.05) is 5.73 Å². The SMILES string of the molecule is Nc1ccc(Br)c(C(=O)N(Cc2ccncc2)C2CC2)c1. The van der Waals surface area contributed by atoms with Gasteiger partial charge in [0.1, 0.15) is 0 Å². The van der Waals surface area contributed by atoms with Gasteiger partial charge in [-0.15, -0.1) is 0 Å². The number of rotatable bonds is 4. The molecule has 1 aromatic carbocycles. The largest absolute Gasteiger partial charge is 0.399 e. The number of benzene rings is 1. The lowest BCUT2D eigenvalue weighted by Crippen LogP contribution is -2.32. The smallest absolute Gasteiger partial charge is 0.255 e. The molecular formula is C16H16BrN3O. The highest BCUT2D eigenvalue weighted by Gasteiger charge is 2.33. The van der Waals surface area contributed by atoms with E-state index in [0.717, 1.165) is 22.9 Å². The first kappa shape index (κ1) is 14.1. The molecule has 1 heterocycles. The number of carbonyl (C=O) groups excluding carboxylic acids is 1. The zero-order valence-corrected chi connectivity index (χ0v) is 13.1. The van der Waals surface area contributed by atoms with E-state index < -0.39 is 0 Å². The molecule has 0 aliphatic heterocycles. The van der Waals surface area contributed by atoms with Crippen molar-refractivity contribution in [2.24, 2.45) is 0 Å². The number of amides is 1. The second kappa shape index (κ2) is 5.85. The average molecular weight is 346 g/mol. The maximum absolute atomic E-state index is 12.8. The van der Waals surface area contributed by atoms with E-state index in [9.17, 15) is 4.79 Å². The highest BCUT2D eigenvalue weighted by atomic mass is 79.9. The van der Waals surface area contributed by atoms with E-state index in [1.165, 1.54) is 0 Å². The Bertz CT molecular complexity index is 656. The maximum atomic E-state index is 12.8. The van der Waals surface area contributed by atoms with Crippen LogP contribution in [0.1, 0.15) is 28.8 Å². The summed E-state index contributed by atoms with van der Waals surface area (Å²) >= 11 is 3.44. The predicted octanol–water partition coefficient (Wildman–Crippen LogP) is 3.23. The number of hydrogen-bond donors (Lipinski definition) is 1. The highest BCUT2D eigenvalue weighted by Crippen LogP contribution is 2.31. The molecule has 2 aromatic rings. The zero-order valence-electron chi connectivity index (χ0n) is 11.5. The molecule has 1 saturated carbocycles. The quantitative estimate of drug-likeness (QED) is 0.865. The Labute approximate surface area is 132 Å². The molecule has 2 N–H and O–H groups in total. The number of nitrogens with zero attached hydrogens (tertiary/aromatic N) is 2. The molecule has 0 spiro atoms. The van der Waals surface area contributed by atoms with E-state index in [1.54, 1.807) is 24.5 Å². The van der Waals surface area contributed by atoms with Gasteiger partial charge in [0.25, 0.3) is 5.91 Å². The number of nitrogen functional groups attached to an aromatic ring is 1. The van der Waals surface area contributed by atoms with E-state index >= 15 is 0 Å². The Kier molecular flexibility index (Phi) is 3.92. The molecule has 0 saturated heterocycles. The van der Waals surface area contributed by atoms with Gasteiger partial charge in [-0.2, -0.15) is 0 Å². The Morgan fingerprint density at radius 1 is 1.29 bits per heavy atom. The van der Waals surface area contributed by atoms with Gasteiger partial charge in [0.15, 0.2) is 0 Å². The number of pyridine rings is 1. The van der Waals surface area contributed by atoms with Crippen molar-refractivity contribution >= 4 is 27.5 Å². The summed E-state index contributed by atoms with van der Waals surface area (Å²) in [5, 5.41) is 0. The van der Waals surface area contributed by atoms with Gasteiger partial charge in [0.05, 0.1) is 5.56 Å². The van der Waals surface area contributed by atoms with E-state index in [4.69, 9.17) is 5.73 Å². The topological polar surface area (TPSA) is 59.2 Å². The summed E-state index contributed by atoms with van der Waals surface area (Å²) in [4.78, 5) is 18.8. The number of hydrogen-bond acceptors (Lipinski definition) is 3. The molecule has 5 heteroatoms. The van der Waals surface area contributed by atoms with Gasteiger partial charge < -0.3 is 10.6 Å². The monoisotopic (exact) mass is 345 g/mol. The van der Waals surface area contributed by atoms with Crippen LogP contribution in [0.5, 0.6) is 0 Å². The van der Waals surface area contributed by atoms with Crippen LogP contribution in [-0.4, -0.2) is 21.8 Å². The van der Waals surface area contributed by atoms with Crippen LogP contribution in [0.2, 0.25) is 0 Å². The minimum Gasteiger partial charge on any atom is -0.399 e. The number of aromatic nitrogens is 1. The Morgan fingerprint density at radius 2 is 2.00 bits per heavy atom. The normalized spacial score (nSPS) is 14.0. The van der Waals surface area contributed by atoms with Crippen molar-refractivity contribution in [3.8, 4) is 0 Å². The van der Waals surface area contributed by atoms with Crippen LogP contribution in [0.3, 0.4) is 0 Å². The number of carbonyl (C=O) groups is 1. The standard InChI is InChI=1S/C16H16BrN3O/c17-15-4-1-12(18)9-14(15)16(21)20(13-2-3-13)10-11-5-7-19-8-6-11/h1,4-9,13H,2-3,10,18H2. The molecule has 108 valence electrons. The first-order chi connectivity index (χ1) is 10.1. The second-order valence-electron chi connectivity index (χ2n) is 5.26. The van der Waals surface area contributed by atoms with Crippen LogP contribution in [0.15, 0.2) is 47.2 Å². The summed E-state index contributed by atoms with van der Waals surface area (Å²) in [6.45, 7) is 0.604. The number of anilines is 1. The third-order valence-electron chi connectivity index (χ3n) is 3.57. The van der Waals surface area contributed by atoms with Gasteiger partial charge >= 0.3 is 0 Å². The fourth-order valence-electron chi connectivity index (χ4n) is 2.30. The van der Waals surface area contributed by atoms with Gasteiger partial charge in [0.2, 0.25) is 0 Å². The van der Waals surface area contributed by atoms with Crippen LogP contribution >= 0.6 is 15.9 Å². The maximum Gasteiger partial charge on any atom is 0.255 e. The fourth-order valence-corrected chi connectivity index (χ4v) is 2.72. The van der Waals surface area contributed by atoms with E-state index in [-0.39, 0.29) is 5.91 Å². The van der Waals surface area contributed by atoms with Crippen molar-refractivity contribution in [1.82, 2.24) is 9.88 Å². The molecular weight excluding hydrogens is 330 g/mol. The Hall–Kier alpha value is -1.88. The molecule has 3 rings (SSSR count). The van der Waals surface area contributed by atoms with Crippen molar-refractivity contribution in [3.63, 3.8) is 0 Å². The lowest BCUT2D eigenvalue weighted by molar-refractivity contribution is 0.0729. The minimum atomic E-state index is 0.0217. The second-order valence-corrected chi connectivity index (χ2v) is 6.11. The summed E-state index contributed by atoms with van der Waals surface area (Å²) in [6, 6.07) is 9.55. The molecule has 1 amide bonds. The lowest BCUT2D eigenvalue weighted by atomic mass is 10.1. The van der Waals surface area contributed by atoms with Crippen molar-refractivity contribution in [3.05, 3.63) is 58.3 Å². The molecule has 4 nitrogen and oxygen atoms in total. The summed E-state index contributed by atoms with van der Waals surface area (Å²) in [6.07, 6.45) is 5.64. The van der Waals surface area contributed by atoms with Crippen molar-refractivity contribution in [2.45, 2.75) is 25.4 Å². The Balaban J connectivity index is 1.87. The van der Waals surface area contributed by atoms with Gasteiger partial charge in [-0.25, -0.2) is 0 Å². The average Bonchev–Trinajstić information content (AvgIpc) is 3.32. The minimum absolute atomic E-state index is 0.0217. The first-order valence-corrected chi connectivity index (χ1v) is 7.69. The van der Waals surface area contributed by atoms with Gasteiger partial charge in [-0.1, -0.05) is 0 Å². The summed E-state index contributed by atoms with van der Waals surface area (Å²) in [7, 11) is 0. The van der Waals surface area contributed by atoms with Gasteiger partial charge in [-0.05, 0) is 64.7 Å². The molecule has 0 radical (unpaired) electrons. The van der Waals surface area contributed by atoms with Crippen LogP contribution < -0.4 is 5.73 Å². The van der Waals surface area contributed by atoms with Crippen LogP contribution in [0.25, 0.3) is 0 Å². The van der Waals surface area contributed by atoms with E-state index in [0.29, 0.717) is 23.8 Å². The molecule has 21 heavy (non-hydrogen) atoms. The third-order valence-corrected chi connectivity index (χ3v) is 4.26. The molecule has 1 aliphatic carbocycles. The van der Waals surface area contributed by atoms with Crippen molar-refractivity contribution in [1.29, 1.82) is 0 Å². The van der Waals surface area contributed by atoms with Crippen molar-refractivity contribution < 1.29 is 4.79 Å². The van der Waals surface area contributed by atoms with Crippen LogP contribution in [0, 0.1) is 0 Å². The van der Waals surface area contributed by atoms with Crippen LogP contribution in [0.4, 0.5) is 5.69 Å². The molecule has 0 atom stereocenters. The predicted molar refractivity (Wildman–Crippen MR) is 85.7 cm³/mol. The van der Waals surface area contributed by atoms with E-state index in [1.807, 2.05) is 23.1 Å². The first-order valence-electron chi connectivity index (χ1n) is 6.90. The summed E-state index contributed by atoms with van der Waals surface area (Å²) < 4.78 is 0.780. The molecule has 1 fully saturated rings. The number of nitrogens with two attached hydrogens (primary N) is 1. The van der Waals surface area contributed by atoms with Gasteiger partial charge in [-0.3, -0.25) is 9.78 Å². The molecule has 0 unspecified atom stereocenters. The Morgan fingerprint density at radius 3 is 2.67 bits per heavy atom. The number of halogens is 1. The van der Waals surface area contributed by atoms with Gasteiger partial charge in [0, 0.05) is 35.1 Å². The zero-order chi connectivity index (χ0) is 14.8. The summed E-state index contributed by atoms with van der Waals surface area (Å²) in [5.41, 5.74) is 8.12. The molecule has 1 aliphatic rings. The molecule has 0 bridgehead atoms. The fraction of sp³-hybridized carbons (Fsp3) is 0.250. The summed E-state index contributed by atoms with van der Waals surface area (Å²) in [5.74, 6) is 0.0217. The van der Waals surface area contributed by atoms with E-state index in [2.05, 4.69) is 20.9 Å². The third kappa shape index (κ3) is 3.24. The highest BCUT2D eigenvalue weighted by molar-refractivity contribution is 9.10.